The number of aryl methyl sites for hydroxylation is 2. The second-order valence-corrected chi connectivity index (χ2v) is 3.07. The van der Waals surface area contributed by atoms with E-state index in [1.807, 2.05) is 13.1 Å². The molecule has 60 valence electrons. The molecule has 0 amide bonds. The Balaban J connectivity index is 2.95. The van der Waals surface area contributed by atoms with Crippen molar-refractivity contribution in [2.24, 2.45) is 0 Å². The summed E-state index contributed by atoms with van der Waals surface area (Å²) in [6.07, 6.45) is 1.93. The van der Waals surface area contributed by atoms with Crippen LogP contribution >= 0.6 is 0 Å². The number of hydrogen-bond acceptors (Lipinski definition) is 1. The van der Waals surface area contributed by atoms with Gasteiger partial charge in [-0.05, 0) is 24.8 Å². The summed E-state index contributed by atoms with van der Waals surface area (Å²) in [5.41, 5.74) is 2.35. The van der Waals surface area contributed by atoms with Gasteiger partial charge >= 0.3 is 0 Å². The van der Waals surface area contributed by atoms with Gasteiger partial charge in [0.1, 0.15) is 0 Å². The van der Waals surface area contributed by atoms with Gasteiger partial charge in [0.2, 0.25) is 0 Å². The average Bonchev–Trinajstić information content (AvgIpc) is 2.12. The Morgan fingerprint density at radius 3 is 2.33 bits per heavy atom. The molecule has 1 nitrogen and oxygen atoms in total. The fraction of sp³-hybridized carbons (Fsp3) is 0.182. The Kier molecular flexibility index (Phi) is 1.58. The van der Waals surface area contributed by atoms with Crippen molar-refractivity contribution in [3.63, 3.8) is 0 Å². The number of hydrogen-bond donors (Lipinski definition) is 0. The molecule has 0 aliphatic rings. The van der Waals surface area contributed by atoms with Crippen molar-refractivity contribution < 1.29 is 0 Å². The van der Waals surface area contributed by atoms with Crippen LogP contribution in [0, 0.1) is 13.8 Å². The Labute approximate surface area is 72.1 Å². The van der Waals surface area contributed by atoms with E-state index < -0.39 is 0 Å². The lowest BCUT2D eigenvalue weighted by Crippen LogP contribution is -1.86. The predicted octanol–water partition coefficient (Wildman–Crippen LogP) is 2.85. The minimum atomic E-state index is 1.11. The van der Waals surface area contributed by atoms with Gasteiger partial charge in [0.05, 0.1) is 0 Å². The Bertz CT molecular complexity index is 378. The number of aromatic nitrogens is 1. The maximum absolute atomic E-state index is 4.31. The summed E-state index contributed by atoms with van der Waals surface area (Å²) >= 11 is 0. The maximum atomic E-state index is 4.31. The zero-order valence-corrected chi connectivity index (χ0v) is 7.33. The van der Waals surface area contributed by atoms with E-state index in [1.54, 1.807) is 0 Å². The highest BCUT2D eigenvalue weighted by molar-refractivity contribution is 5.86. The Morgan fingerprint density at radius 1 is 1.00 bits per heavy atom. The molecule has 0 saturated carbocycles. The molecule has 1 aromatic heterocycles. The molecule has 2 rings (SSSR count). The molecule has 0 saturated heterocycles. The molecule has 2 aromatic rings. The molecular weight excluding hydrogens is 146 g/mol. The van der Waals surface area contributed by atoms with Gasteiger partial charge in [-0.3, -0.25) is 4.98 Å². The lowest BCUT2D eigenvalue weighted by Gasteiger charge is -2.02. The van der Waals surface area contributed by atoms with E-state index in [9.17, 15) is 0 Å². The van der Waals surface area contributed by atoms with E-state index >= 15 is 0 Å². The third-order valence-electron chi connectivity index (χ3n) is 2.19. The number of pyridine rings is 1. The molecule has 0 atom stereocenters. The largest absolute Gasteiger partial charge is 0.261 e. The van der Waals surface area contributed by atoms with E-state index in [0.717, 1.165) is 5.69 Å². The average molecular weight is 157 g/mol. The third kappa shape index (κ3) is 0.981. The summed E-state index contributed by atoms with van der Waals surface area (Å²) in [5, 5.41) is 2.57. The lowest BCUT2D eigenvalue weighted by atomic mass is 10.1. The first-order valence-corrected chi connectivity index (χ1v) is 4.10. The molecule has 12 heavy (non-hydrogen) atoms. The maximum Gasteiger partial charge on any atom is 0.0451 e. The van der Waals surface area contributed by atoms with Crippen molar-refractivity contribution in [2.75, 3.05) is 0 Å². The predicted molar refractivity (Wildman–Crippen MR) is 51.2 cm³/mol. The summed E-state index contributed by atoms with van der Waals surface area (Å²) < 4.78 is 0. The summed E-state index contributed by atoms with van der Waals surface area (Å²) in [4.78, 5) is 4.31. The monoisotopic (exact) mass is 157 g/mol. The molecule has 0 fully saturated rings. The van der Waals surface area contributed by atoms with Crippen LogP contribution in [0.1, 0.15) is 11.3 Å². The van der Waals surface area contributed by atoms with Gasteiger partial charge in [-0.25, -0.2) is 0 Å². The number of benzene rings is 1. The molecule has 0 aliphatic heterocycles. The number of fused-ring (bicyclic) bond motifs is 1. The first kappa shape index (κ1) is 7.29. The van der Waals surface area contributed by atoms with Crippen LogP contribution in [0.4, 0.5) is 0 Å². The van der Waals surface area contributed by atoms with E-state index in [4.69, 9.17) is 0 Å². The Hall–Kier alpha value is -1.37. The van der Waals surface area contributed by atoms with E-state index in [1.165, 1.54) is 16.3 Å². The van der Waals surface area contributed by atoms with Crippen LogP contribution in [-0.4, -0.2) is 4.98 Å². The van der Waals surface area contributed by atoms with Crippen LogP contribution in [0.3, 0.4) is 0 Å². The third-order valence-corrected chi connectivity index (χ3v) is 2.19. The molecule has 0 unspecified atom stereocenters. The fourth-order valence-electron chi connectivity index (χ4n) is 1.48. The SMILES string of the molecule is Cc1cnc(C)c2ccccc12. The summed E-state index contributed by atoms with van der Waals surface area (Å²) in [5.74, 6) is 0. The standard InChI is InChI=1S/C11H11N/c1-8-7-12-9(2)11-6-4-3-5-10(8)11/h3-7H,1-2H3. The normalized spacial score (nSPS) is 10.5. The second-order valence-electron chi connectivity index (χ2n) is 3.07. The zero-order valence-electron chi connectivity index (χ0n) is 7.33. The highest BCUT2D eigenvalue weighted by Gasteiger charge is 1.98. The van der Waals surface area contributed by atoms with E-state index in [2.05, 4.69) is 36.2 Å². The highest BCUT2D eigenvalue weighted by Crippen LogP contribution is 2.18. The van der Waals surface area contributed by atoms with Gasteiger partial charge in [-0.2, -0.15) is 0 Å². The molecule has 1 aromatic carbocycles. The first-order chi connectivity index (χ1) is 5.79. The van der Waals surface area contributed by atoms with Gasteiger partial charge in [-0.15, -0.1) is 0 Å². The van der Waals surface area contributed by atoms with Gasteiger partial charge in [-0.1, -0.05) is 24.3 Å². The van der Waals surface area contributed by atoms with E-state index in [0.29, 0.717) is 0 Å². The van der Waals surface area contributed by atoms with Gasteiger partial charge < -0.3 is 0 Å². The molecule has 0 aliphatic carbocycles. The van der Waals surface area contributed by atoms with Crippen LogP contribution in [0.2, 0.25) is 0 Å². The molecular formula is C11H11N. The Morgan fingerprint density at radius 2 is 1.67 bits per heavy atom. The van der Waals surface area contributed by atoms with Crippen molar-refractivity contribution in [3.8, 4) is 0 Å². The second kappa shape index (κ2) is 2.59. The molecule has 0 N–H and O–H groups in total. The summed E-state index contributed by atoms with van der Waals surface area (Å²) in [6, 6.07) is 8.37. The summed E-state index contributed by atoms with van der Waals surface area (Å²) in [7, 11) is 0. The molecule has 0 radical (unpaired) electrons. The smallest absolute Gasteiger partial charge is 0.0451 e. The van der Waals surface area contributed by atoms with E-state index in [-0.39, 0.29) is 0 Å². The van der Waals surface area contributed by atoms with Crippen molar-refractivity contribution in [2.45, 2.75) is 13.8 Å². The molecule has 0 bridgehead atoms. The quantitative estimate of drug-likeness (QED) is 0.573. The van der Waals surface area contributed by atoms with Gasteiger partial charge in [0.25, 0.3) is 0 Å². The van der Waals surface area contributed by atoms with Crippen molar-refractivity contribution in [1.82, 2.24) is 4.98 Å². The topological polar surface area (TPSA) is 12.9 Å². The van der Waals surface area contributed by atoms with Crippen molar-refractivity contribution in [1.29, 1.82) is 0 Å². The number of rotatable bonds is 0. The van der Waals surface area contributed by atoms with Crippen LogP contribution in [0.25, 0.3) is 10.8 Å². The van der Waals surface area contributed by atoms with Crippen LogP contribution in [0.5, 0.6) is 0 Å². The van der Waals surface area contributed by atoms with Gasteiger partial charge in [0.15, 0.2) is 0 Å². The summed E-state index contributed by atoms with van der Waals surface area (Å²) in [6.45, 7) is 4.14. The van der Waals surface area contributed by atoms with Crippen LogP contribution in [0.15, 0.2) is 30.5 Å². The van der Waals surface area contributed by atoms with Crippen molar-refractivity contribution >= 4 is 10.8 Å². The molecule has 0 spiro atoms. The molecule has 1 heteroatoms. The highest BCUT2D eigenvalue weighted by atomic mass is 14.7. The van der Waals surface area contributed by atoms with Gasteiger partial charge in [0, 0.05) is 17.3 Å². The minimum Gasteiger partial charge on any atom is -0.261 e. The fourth-order valence-corrected chi connectivity index (χ4v) is 1.48. The minimum absolute atomic E-state index is 1.11. The zero-order chi connectivity index (χ0) is 8.55. The lowest BCUT2D eigenvalue weighted by molar-refractivity contribution is 1.21. The van der Waals surface area contributed by atoms with Crippen LogP contribution < -0.4 is 0 Å². The van der Waals surface area contributed by atoms with Crippen LogP contribution in [-0.2, 0) is 0 Å². The molecule has 1 heterocycles. The number of nitrogens with zero attached hydrogens (tertiary/aromatic N) is 1. The first-order valence-electron chi connectivity index (χ1n) is 4.10. The van der Waals surface area contributed by atoms with Crippen molar-refractivity contribution in [3.05, 3.63) is 41.7 Å².